The summed E-state index contributed by atoms with van der Waals surface area (Å²) in [7, 11) is -1.16. The van der Waals surface area contributed by atoms with Crippen molar-refractivity contribution in [3.05, 3.63) is 29.8 Å². The Morgan fingerprint density at radius 1 is 0.867 bits per heavy atom. The van der Waals surface area contributed by atoms with Crippen LogP contribution in [0.2, 0.25) is 0 Å². The summed E-state index contributed by atoms with van der Waals surface area (Å²) in [4.78, 5) is 0. The van der Waals surface area contributed by atoms with E-state index >= 15 is 0 Å². The predicted octanol–water partition coefficient (Wildman–Crippen LogP) is 3.68. The van der Waals surface area contributed by atoms with E-state index in [1.165, 1.54) is 24.9 Å². The molecule has 0 N–H and O–H groups in total. The summed E-state index contributed by atoms with van der Waals surface area (Å²) in [5.74, 6) is 0. The van der Waals surface area contributed by atoms with Crippen molar-refractivity contribution in [1.82, 2.24) is 0 Å². The van der Waals surface area contributed by atoms with Crippen LogP contribution in [0, 0.1) is 0 Å². The predicted molar refractivity (Wildman–Crippen MR) is 75.4 cm³/mol. The fourth-order valence-corrected chi connectivity index (χ4v) is 6.70. The standard InChI is InChI=1S/C14H25P/c1-5-13-11-9-10-12-14(13)15(6-2,7-3)8-4/h9-12,15H,5-8H2,1-4H3. The average molecular weight is 224 g/mol. The van der Waals surface area contributed by atoms with Crippen molar-refractivity contribution in [3.63, 3.8) is 0 Å². The molecule has 15 heavy (non-hydrogen) atoms. The van der Waals surface area contributed by atoms with Gasteiger partial charge in [-0.15, -0.1) is 0 Å². The molecule has 0 aliphatic rings. The summed E-state index contributed by atoms with van der Waals surface area (Å²) in [6.45, 7) is 9.42. The van der Waals surface area contributed by atoms with Crippen LogP contribution in [0.15, 0.2) is 24.3 Å². The van der Waals surface area contributed by atoms with E-state index in [0.29, 0.717) is 0 Å². The van der Waals surface area contributed by atoms with Gasteiger partial charge in [0.05, 0.1) is 0 Å². The van der Waals surface area contributed by atoms with Gasteiger partial charge in [0.1, 0.15) is 0 Å². The van der Waals surface area contributed by atoms with Crippen LogP contribution in [0.1, 0.15) is 33.3 Å². The maximum atomic E-state index is 2.39. The third-order valence-electron chi connectivity index (χ3n) is 4.00. The molecule has 0 amide bonds. The molecular weight excluding hydrogens is 199 g/mol. The number of rotatable bonds is 5. The molecule has 86 valence electrons. The van der Waals surface area contributed by atoms with Gasteiger partial charge in [-0.05, 0) is 0 Å². The molecular formula is C14H25P. The summed E-state index contributed by atoms with van der Waals surface area (Å²) in [6, 6.07) is 9.11. The monoisotopic (exact) mass is 224 g/mol. The quantitative estimate of drug-likeness (QED) is 0.669. The summed E-state index contributed by atoms with van der Waals surface area (Å²) < 4.78 is 0. The first kappa shape index (κ1) is 12.7. The minimum absolute atomic E-state index is 1.16. The molecule has 0 fully saturated rings. The normalized spacial score (nSPS) is 12.8. The molecule has 1 aromatic rings. The minimum atomic E-state index is -1.16. The van der Waals surface area contributed by atoms with E-state index in [-0.39, 0.29) is 0 Å². The summed E-state index contributed by atoms with van der Waals surface area (Å²) in [6.07, 6.45) is 5.34. The third kappa shape index (κ3) is 2.42. The molecule has 0 spiro atoms. The second-order valence-electron chi connectivity index (χ2n) is 4.35. The van der Waals surface area contributed by atoms with Crippen molar-refractivity contribution < 1.29 is 0 Å². The van der Waals surface area contributed by atoms with E-state index in [1.54, 1.807) is 10.9 Å². The van der Waals surface area contributed by atoms with Crippen LogP contribution >= 0.6 is 7.26 Å². The second-order valence-corrected chi connectivity index (χ2v) is 9.57. The van der Waals surface area contributed by atoms with Crippen LogP contribution < -0.4 is 5.30 Å². The Bertz CT molecular complexity index is 292. The van der Waals surface area contributed by atoms with Gasteiger partial charge in [0.15, 0.2) is 0 Å². The Kier molecular flexibility index (Phi) is 4.80. The average Bonchev–Trinajstić information content (AvgIpc) is 2.33. The van der Waals surface area contributed by atoms with Crippen molar-refractivity contribution in [2.75, 3.05) is 18.5 Å². The van der Waals surface area contributed by atoms with Gasteiger partial charge in [-0.1, -0.05) is 0 Å². The Labute approximate surface area is 95.4 Å². The van der Waals surface area contributed by atoms with Crippen molar-refractivity contribution in [2.24, 2.45) is 0 Å². The fraction of sp³-hybridized carbons (Fsp3) is 0.571. The molecule has 1 aromatic carbocycles. The second kappa shape index (κ2) is 5.66. The summed E-state index contributed by atoms with van der Waals surface area (Å²) in [5, 5.41) is 1.72. The molecule has 0 aromatic heterocycles. The zero-order chi connectivity index (χ0) is 11.3. The van der Waals surface area contributed by atoms with Gasteiger partial charge in [0, 0.05) is 0 Å². The molecule has 0 atom stereocenters. The van der Waals surface area contributed by atoms with Crippen molar-refractivity contribution in [3.8, 4) is 0 Å². The third-order valence-corrected chi connectivity index (χ3v) is 9.69. The Hall–Kier alpha value is -0.350. The van der Waals surface area contributed by atoms with E-state index in [9.17, 15) is 0 Å². The number of hydrogen-bond acceptors (Lipinski definition) is 0. The summed E-state index contributed by atoms with van der Waals surface area (Å²) >= 11 is 0. The molecule has 0 bridgehead atoms. The first-order valence-electron chi connectivity index (χ1n) is 6.32. The number of benzene rings is 1. The van der Waals surface area contributed by atoms with Gasteiger partial charge >= 0.3 is 95.0 Å². The molecule has 0 saturated carbocycles. The first-order chi connectivity index (χ1) is 7.24. The molecule has 1 rings (SSSR count). The van der Waals surface area contributed by atoms with Crippen LogP contribution in [0.3, 0.4) is 0 Å². The van der Waals surface area contributed by atoms with Crippen LogP contribution in [0.4, 0.5) is 0 Å². The number of aryl methyl sites for hydroxylation is 1. The number of hydrogen-bond donors (Lipinski definition) is 0. The van der Waals surface area contributed by atoms with E-state index < -0.39 is 7.26 Å². The van der Waals surface area contributed by atoms with Gasteiger partial charge in [-0.3, -0.25) is 0 Å². The molecule has 0 nitrogen and oxygen atoms in total. The van der Waals surface area contributed by atoms with Crippen molar-refractivity contribution in [2.45, 2.75) is 34.1 Å². The summed E-state index contributed by atoms with van der Waals surface area (Å²) in [5.41, 5.74) is 1.59. The van der Waals surface area contributed by atoms with E-state index in [0.717, 1.165) is 0 Å². The van der Waals surface area contributed by atoms with Gasteiger partial charge in [0.25, 0.3) is 0 Å². The molecule has 0 aliphatic carbocycles. The van der Waals surface area contributed by atoms with E-state index in [1.807, 2.05) is 0 Å². The Balaban J connectivity index is 3.21. The van der Waals surface area contributed by atoms with Crippen molar-refractivity contribution in [1.29, 1.82) is 0 Å². The van der Waals surface area contributed by atoms with Crippen molar-refractivity contribution >= 4 is 12.6 Å². The maximum absolute atomic E-state index is 2.39. The Morgan fingerprint density at radius 2 is 1.40 bits per heavy atom. The van der Waals surface area contributed by atoms with Crippen LogP contribution in [0.5, 0.6) is 0 Å². The van der Waals surface area contributed by atoms with E-state index in [2.05, 4.69) is 52.0 Å². The molecule has 0 aliphatic heterocycles. The molecule has 0 unspecified atom stereocenters. The van der Waals surface area contributed by atoms with E-state index in [4.69, 9.17) is 0 Å². The molecule has 1 heteroatoms. The van der Waals surface area contributed by atoms with Crippen LogP contribution in [-0.2, 0) is 6.42 Å². The van der Waals surface area contributed by atoms with Crippen LogP contribution in [-0.4, -0.2) is 18.5 Å². The molecule has 0 heterocycles. The van der Waals surface area contributed by atoms with Gasteiger partial charge < -0.3 is 0 Å². The first-order valence-corrected chi connectivity index (χ1v) is 8.94. The molecule has 0 saturated heterocycles. The Morgan fingerprint density at radius 3 is 1.87 bits per heavy atom. The van der Waals surface area contributed by atoms with Gasteiger partial charge in [0.2, 0.25) is 0 Å². The van der Waals surface area contributed by atoms with Crippen LogP contribution in [0.25, 0.3) is 0 Å². The van der Waals surface area contributed by atoms with Gasteiger partial charge in [-0.2, -0.15) is 0 Å². The molecule has 0 radical (unpaired) electrons. The zero-order valence-corrected chi connectivity index (χ0v) is 11.6. The fourth-order valence-electron chi connectivity index (χ4n) is 2.67. The zero-order valence-electron chi connectivity index (χ0n) is 10.6. The topological polar surface area (TPSA) is 0 Å². The SMILES string of the molecule is CCc1ccccc1[PH](CC)(CC)CC. The van der Waals surface area contributed by atoms with Gasteiger partial charge in [-0.25, -0.2) is 0 Å².